The van der Waals surface area contributed by atoms with Crippen molar-refractivity contribution in [2.45, 2.75) is 65.2 Å². The van der Waals surface area contributed by atoms with E-state index in [0.29, 0.717) is 24.9 Å². The summed E-state index contributed by atoms with van der Waals surface area (Å²) in [4.78, 5) is 39.0. The fourth-order valence-corrected chi connectivity index (χ4v) is 5.60. The maximum Gasteiger partial charge on any atom is 0.288 e. The molecule has 1 atom stereocenters. The number of carbonyl (C=O) groups excluding carboxylic acids is 3. The summed E-state index contributed by atoms with van der Waals surface area (Å²) < 4.78 is 5.81. The van der Waals surface area contributed by atoms with Gasteiger partial charge in [0.25, 0.3) is 5.24 Å². The zero-order chi connectivity index (χ0) is 21.5. The van der Waals surface area contributed by atoms with E-state index in [-0.39, 0.29) is 41.2 Å². The molecule has 2 saturated heterocycles. The van der Waals surface area contributed by atoms with Crippen LogP contribution in [0.25, 0.3) is 0 Å². The van der Waals surface area contributed by atoms with Gasteiger partial charge in [-0.05, 0) is 43.4 Å². The first-order valence-electron chi connectivity index (χ1n) is 11.0. The molecule has 1 aliphatic carbocycles. The molecule has 0 aromatic carbocycles. The van der Waals surface area contributed by atoms with Crippen molar-refractivity contribution in [2.24, 2.45) is 11.3 Å². The number of thioether (sulfide) groups is 1. The van der Waals surface area contributed by atoms with E-state index in [4.69, 9.17) is 4.52 Å². The van der Waals surface area contributed by atoms with Crippen molar-refractivity contribution in [2.75, 3.05) is 25.4 Å². The van der Waals surface area contributed by atoms with Crippen LogP contribution in [-0.4, -0.2) is 57.4 Å². The molecule has 0 bridgehead atoms. The van der Waals surface area contributed by atoms with Crippen molar-refractivity contribution in [3.8, 4) is 0 Å². The van der Waals surface area contributed by atoms with Gasteiger partial charge in [-0.25, -0.2) is 0 Å². The third-order valence-electron chi connectivity index (χ3n) is 6.91. The largest absolute Gasteiger partial charge is 0.361 e. The number of nitrogens with zero attached hydrogens (tertiary/aromatic N) is 3. The van der Waals surface area contributed by atoms with Gasteiger partial charge in [0, 0.05) is 37.5 Å². The van der Waals surface area contributed by atoms with Crippen LogP contribution in [0, 0.1) is 11.3 Å². The van der Waals surface area contributed by atoms with Gasteiger partial charge < -0.3 is 9.42 Å². The second-order valence-electron chi connectivity index (χ2n) is 9.78. The highest BCUT2D eigenvalue weighted by Gasteiger charge is 2.36. The second-order valence-corrected chi connectivity index (χ2v) is 10.7. The summed E-state index contributed by atoms with van der Waals surface area (Å²) in [5, 5.41) is 4.12. The van der Waals surface area contributed by atoms with Crippen molar-refractivity contribution in [1.29, 1.82) is 0 Å². The molecule has 30 heavy (non-hydrogen) atoms. The lowest BCUT2D eigenvalue weighted by Crippen LogP contribution is -2.40. The minimum Gasteiger partial charge on any atom is -0.361 e. The quantitative estimate of drug-likeness (QED) is 0.721. The van der Waals surface area contributed by atoms with E-state index >= 15 is 0 Å². The Morgan fingerprint density at radius 3 is 2.57 bits per heavy atom. The van der Waals surface area contributed by atoms with Gasteiger partial charge in [-0.15, -0.1) is 0 Å². The standard InChI is InChI=1S/C22H31N3O4S/c1-22(2,3)15-4-5-17-16(12-15)20(29-23-17)14-6-9-24(10-7-14)18(26)8-11-25-19(27)13-30-21(25)28/h14-15H,4-13H2,1-3H3. The van der Waals surface area contributed by atoms with Crippen LogP contribution in [-0.2, 0) is 22.4 Å². The Labute approximate surface area is 181 Å². The molecule has 3 aliphatic rings. The molecule has 3 amide bonds. The van der Waals surface area contributed by atoms with Crippen LogP contribution in [0.3, 0.4) is 0 Å². The molecule has 8 heteroatoms. The van der Waals surface area contributed by atoms with Crippen LogP contribution >= 0.6 is 11.8 Å². The Hall–Kier alpha value is -1.83. The van der Waals surface area contributed by atoms with Gasteiger partial charge >= 0.3 is 0 Å². The van der Waals surface area contributed by atoms with Gasteiger partial charge in [0.05, 0.1) is 11.4 Å². The number of amides is 3. The smallest absolute Gasteiger partial charge is 0.288 e. The summed E-state index contributed by atoms with van der Waals surface area (Å²) >= 11 is 1.01. The fraction of sp³-hybridized carbons (Fsp3) is 0.727. The topological polar surface area (TPSA) is 83.7 Å². The second kappa shape index (κ2) is 8.36. The molecule has 4 rings (SSSR count). The van der Waals surface area contributed by atoms with E-state index in [1.165, 1.54) is 10.5 Å². The maximum absolute atomic E-state index is 12.6. The van der Waals surface area contributed by atoms with Crippen molar-refractivity contribution >= 4 is 28.8 Å². The molecule has 1 unspecified atom stereocenters. The third kappa shape index (κ3) is 4.29. The molecule has 1 aromatic rings. The number of carbonyl (C=O) groups is 3. The number of piperidine rings is 1. The van der Waals surface area contributed by atoms with Gasteiger partial charge in [-0.3, -0.25) is 19.3 Å². The molecule has 164 valence electrons. The molecule has 0 saturated carbocycles. The van der Waals surface area contributed by atoms with E-state index < -0.39 is 0 Å². The fourth-order valence-electron chi connectivity index (χ4n) is 4.84. The van der Waals surface area contributed by atoms with Crippen LogP contribution in [0.15, 0.2) is 4.52 Å². The van der Waals surface area contributed by atoms with Crippen LogP contribution < -0.4 is 0 Å². The van der Waals surface area contributed by atoms with Crippen molar-refractivity contribution in [1.82, 2.24) is 15.0 Å². The highest BCUT2D eigenvalue weighted by Crippen LogP contribution is 2.41. The monoisotopic (exact) mass is 433 g/mol. The summed E-state index contributed by atoms with van der Waals surface area (Å²) in [7, 11) is 0. The zero-order valence-corrected chi connectivity index (χ0v) is 18.9. The summed E-state index contributed by atoms with van der Waals surface area (Å²) in [5.41, 5.74) is 2.72. The van der Waals surface area contributed by atoms with Crippen molar-refractivity contribution < 1.29 is 18.9 Å². The minimum atomic E-state index is -0.241. The molecule has 0 N–H and O–H groups in total. The average molecular weight is 434 g/mol. The Kier molecular flexibility index (Phi) is 5.97. The molecule has 1 aromatic heterocycles. The number of hydrogen-bond donors (Lipinski definition) is 0. The number of likely N-dealkylation sites (tertiary alicyclic amines) is 1. The van der Waals surface area contributed by atoms with Gasteiger partial charge in [0.2, 0.25) is 11.8 Å². The number of rotatable bonds is 4. The molecule has 2 aliphatic heterocycles. The molecule has 3 heterocycles. The number of fused-ring (bicyclic) bond motifs is 1. The summed E-state index contributed by atoms with van der Waals surface area (Å²) in [6.45, 7) is 8.47. The lowest BCUT2D eigenvalue weighted by Gasteiger charge is -2.35. The van der Waals surface area contributed by atoms with E-state index in [2.05, 4.69) is 25.9 Å². The Bertz CT molecular complexity index is 820. The van der Waals surface area contributed by atoms with Crippen LogP contribution in [0.5, 0.6) is 0 Å². The first kappa shape index (κ1) is 21.4. The van der Waals surface area contributed by atoms with Crippen LogP contribution in [0.4, 0.5) is 4.79 Å². The summed E-state index contributed by atoms with van der Waals surface area (Å²) in [5.74, 6) is 1.99. The predicted octanol–water partition coefficient (Wildman–Crippen LogP) is 3.62. The average Bonchev–Trinajstić information content (AvgIpc) is 3.28. The Morgan fingerprint density at radius 2 is 1.93 bits per heavy atom. The van der Waals surface area contributed by atoms with Crippen LogP contribution in [0.1, 0.15) is 69.4 Å². The van der Waals surface area contributed by atoms with Gasteiger partial charge in [0.15, 0.2) is 0 Å². The number of aryl methyl sites for hydroxylation is 1. The Balaban J connectivity index is 1.32. The first-order valence-corrected chi connectivity index (χ1v) is 11.9. The number of aromatic nitrogens is 1. The van der Waals surface area contributed by atoms with E-state index in [1.807, 2.05) is 4.90 Å². The molecule has 2 fully saturated rings. The van der Waals surface area contributed by atoms with Crippen LogP contribution in [0.2, 0.25) is 0 Å². The van der Waals surface area contributed by atoms with E-state index in [0.717, 1.165) is 55.3 Å². The molecular formula is C22H31N3O4S. The Morgan fingerprint density at radius 1 is 1.20 bits per heavy atom. The van der Waals surface area contributed by atoms with E-state index in [9.17, 15) is 14.4 Å². The number of hydrogen-bond acceptors (Lipinski definition) is 6. The lowest BCUT2D eigenvalue weighted by atomic mass is 9.71. The highest BCUT2D eigenvalue weighted by molar-refractivity contribution is 8.14. The molecule has 0 radical (unpaired) electrons. The van der Waals surface area contributed by atoms with Crippen molar-refractivity contribution in [3.63, 3.8) is 0 Å². The lowest BCUT2D eigenvalue weighted by molar-refractivity contribution is -0.133. The van der Waals surface area contributed by atoms with Gasteiger partial charge in [-0.2, -0.15) is 0 Å². The van der Waals surface area contributed by atoms with Gasteiger partial charge in [-0.1, -0.05) is 37.7 Å². The highest BCUT2D eigenvalue weighted by atomic mass is 32.2. The first-order chi connectivity index (χ1) is 14.2. The molecular weight excluding hydrogens is 402 g/mol. The predicted molar refractivity (Wildman–Crippen MR) is 114 cm³/mol. The summed E-state index contributed by atoms with van der Waals surface area (Å²) in [6, 6.07) is 0. The molecule has 0 spiro atoms. The van der Waals surface area contributed by atoms with Crippen molar-refractivity contribution in [3.05, 3.63) is 17.0 Å². The number of imide groups is 1. The maximum atomic E-state index is 12.6. The SMILES string of the molecule is CC(C)(C)C1CCc2noc(C3CCN(C(=O)CCN4C(=O)CSC4=O)CC3)c2C1. The van der Waals surface area contributed by atoms with E-state index in [1.54, 1.807) is 0 Å². The normalized spacial score (nSPS) is 23.2. The third-order valence-corrected chi connectivity index (χ3v) is 7.77. The summed E-state index contributed by atoms with van der Waals surface area (Å²) in [6.07, 6.45) is 5.12. The molecule has 7 nitrogen and oxygen atoms in total. The zero-order valence-electron chi connectivity index (χ0n) is 18.1. The van der Waals surface area contributed by atoms with Gasteiger partial charge in [0.1, 0.15) is 5.76 Å². The minimum absolute atomic E-state index is 0.0124.